The number of ether oxygens (including phenoxy) is 1. The highest BCUT2D eigenvalue weighted by Gasteiger charge is 2.14. The number of carbonyl (C=O) groups is 1. The van der Waals surface area contributed by atoms with Crippen molar-refractivity contribution in [2.24, 2.45) is 5.92 Å². The van der Waals surface area contributed by atoms with Gasteiger partial charge in [-0.3, -0.25) is 4.79 Å². The van der Waals surface area contributed by atoms with Gasteiger partial charge in [-0.15, -0.1) is 0 Å². The fourth-order valence-electron chi connectivity index (χ4n) is 2.32. The van der Waals surface area contributed by atoms with Crippen LogP contribution in [0.3, 0.4) is 0 Å². The molecule has 2 rings (SSSR count). The number of nitrogens with one attached hydrogen (secondary N) is 1. The lowest BCUT2D eigenvalue weighted by molar-refractivity contribution is -0.123. The highest BCUT2D eigenvalue weighted by Crippen LogP contribution is 2.23. The molecule has 0 atom stereocenters. The van der Waals surface area contributed by atoms with Gasteiger partial charge in [0.15, 0.2) is 17.5 Å². The van der Waals surface area contributed by atoms with Crippen LogP contribution in [0.15, 0.2) is 18.3 Å². The van der Waals surface area contributed by atoms with Crippen molar-refractivity contribution in [2.45, 2.75) is 32.1 Å². The number of pyridine rings is 1. The Kier molecular flexibility index (Phi) is 5.45. The van der Waals surface area contributed by atoms with Gasteiger partial charge in [0.25, 0.3) is 5.91 Å². The number of halogens is 1. The van der Waals surface area contributed by atoms with E-state index in [0.717, 1.165) is 6.54 Å². The average molecular weight is 283 g/mol. The van der Waals surface area contributed by atoms with Crippen molar-refractivity contribution < 1.29 is 9.53 Å². The first-order chi connectivity index (χ1) is 9.25. The summed E-state index contributed by atoms with van der Waals surface area (Å²) in [5.74, 6) is 0.960. The highest BCUT2D eigenvalue weighted by molar-refractivity contribution is 6.30. The summed E-state index contributed by atoms with van der Waals surface area (Å²) >= 11 is 5.84. The first-order valence-corrected chi connectivity index (χ1v) is 7.13. The summed E-state index contributed by atoms with van der Waals surface area (Å²) in [6.45, 7) is 0.737. The molecule has 1 saturated carbocycles. The van der Waals surface area contributed by atoms with E-state index in [1.165, 1.54) is 32.1 Å². The zero-order valence-corrected chi connectivity index (χ0v) is 11.7. The van der Waals surface area contributed by atoms with Crippen LogP contribution < -0.4 is 10.1 Å². The van der Waals surface area contributed by atoms with Gasteiger partial charge in [-0.2, -0.15) is 0 Å². The molecule has 1 fully saturated rings. The fourth-order valence-corrected chi connectivity index (χ4v) is 2.50. The van der Waals surface area contributed by atoms with Crippen LogP contribution in [-0.2, 0) is 4.79 Å². The molecule has 19 heavy (non-hydrogen) atoms. The van der Waals surface area contributed by atoms with E-state index in [-0.39, 0.29) is 17.7 Å². The largest absolute Gasteiger partial charge is 0.481 e. The number of carbonyl (C=O) groups excluding carboxylic acids is 1. The van der Waals surface area contributed by atoms with Gasteiger partial charge >= 0.3 is 0 Å². The van der Waals surface area contributed by atoms with E-state index in [1.807, 2.05) is 0 Å². The number of hydrogen-bond donors (Lipinski definition) is 1. The second kappa shape index (κ2) is 7.34. The van der Waals surface area contributed by atoms with Crippen molar-refractivity contribution in [3.8, 4) is 5.75 Å². The van der Waals surface area contributed by atoms with Crippen LogP contribution in [0.2, 0.25) is 5.15 Å². The zero-order chi connectivity index (χ0) is 13.5. The molecule has 1 heterocycles. The lowest BCUT2D eigenvalue weighted by atomic mass is 9.89. The van der Waals surface area contributed by atoms with Crippen LogP contribution in [0, 0.1) is 5.92 Å². The minimum atomic E-state index is -0.106. The summed E-state index contributed by atoms with van der Waals surface area (Å²) in [5.41, 5.74) is 0. The molecule has 1 aliphatic rings. The van der Waals surface area contributed by atoms with E-state index in [0.29, 0.717) is 11.7 Å². The third-order valence-corrected chi connectivity index (χ3v) is 3.68. The van der Waals surface area contributed by atoms with E-state index in [4.69, 9.17) is 16.3 Å². The summed E-state index contributed by atoms with van der Waals surface area (Å²) < 4.78 is 5.33. The van der Waals surface area contributed by atoms with Crippen LogP contribution in [0.25, 0.3) is 0 Å². The van der Waals surface area contributed by atoms with E-state index in [2.05, 4.69) is 10.3 Å². The number of aromatic nitrogens is 1. The molecule has 0 unspecified atom stereocenters. The Hall–Kier alpha value is -1.29. The van der Waals surface area contributed by atoms with E-state index in [1.54, 1.807) is 18.3 Å². The molecule has 1 amide bonds. The van der Waals surface area contributed by atoms with Crippen molar-refractivity contribution in [3.63, 3.8) is 0 Å². The molecule has 104 valence electrons. The van der Waals surface area contributed by atoms with Gasteiger partial charge < -0.3 is 10.1 Å². The summed E-state index contributed by atoms with van der Waals surface area (Å²) in [4.78, 5) is 15.6. The SMILES string of the molecule is O=C(COc1cccnc1Cl)NCC1CCCCC1. The van der Waals surface area contributed by atoms with E-state index in [9.17, 15) is 4.79 Å². The van der Waals surface area contributed by atoms with Gasteiger partial charge in [0.05, 0.1) is 0 Å². The lowest BCUT2D eigenvalue weighted by Gasteiger charge is -2.21. The topological polar surface area (TPSA) is 51.2 Å². The predicted molar refractivity (Wildman–Crippen MR) is 74.3 cm³/mol. The number of nitrogens with zero attached hydrogens (tertiary/aromatic N) is 1. The first kappa shape index (κ1) is 14.1. The minimum Gasteiger partial charge on any atom is -0.481 e. The van der Waals surface area contributed by atoms with Crippen molar-refractivity contribution >= 4 is 17.5 Å². The van der Waals surface area contributed by atoms with Crippen LogP contribution in [-0.4, -0.2) is 24.0 Å². The maximum Gasteiger partial charge on any atom is 0.257 e. The summed E-state index contributed by atoms with van der Waals surface area (Å²) in [6, 6.07) is 3.42. The molecule has 0 bridgehead atoms. The number of rotatable bonds is 5. The molecular weight excluding hydrogens is 264 g/mol. The van der Waals surface area contributed by atoms with Crippen LogP contribution >= 0.6 is 11.6 Å². The lowest BCUT2D eigenvalue weighted by Crippen LogP contribution is -2.33. The Morgan fingerprint density at radius 2 is 2.21 bits per heavy atom. The molecule has 1 N–H and O–H groups in total. The minimum absolute atomic E-state index is 0.0157. The highest BCUT2D eigenvalue weighted by atomic mass is 35.5. The molecule has 1 aromatic heterocycles. The molecule has 0 aromatic carbocycles. The Bertz CT molecular complexity index is 420. The van der Waals surface area contributed by atoms with Crippen molar-refractivity contribution in [1.29, 1.82) is 0 Å². The maximum atomic E-state index is 11.7. The van der Waals surface area contributed by atoms with Crippen molar-refractivity contribution in [3.05, 3.63) is 23.5 Å². The molecule has 4 nitrogen and oxygen atoms in total. The number of hydrogen-bond acceptors (Lipinski definition) is 3. The first-order valence-electron chi connectivity index (χ1n) is 6.75. The monoisotopic (exact) mass is 282 g/mol. The van der Waals surface area contributed by atoms with Crippen molar-refractivity contribution in [1.82, 2.24) is 10.3 Å². The predicted octanol–water partition coefficient (Wildman–Crippen LogP) is 2.81. The third-order valence-electron chi connectivity index (χ3n) is 3.40. The van der Waals surface area contributed by atoms with Gasteiger partial charge in [0, 0.05) is 12.7 Å². The standard InChI is InChI=1S/C14H19ClN2O2/c15-14-12(7-4-8-16-14)19-10-13(18)17-9-11-5-2-1-3-6-11/h4,7-8,11H,1-3,5-6,9-10H2,(H,17,18). The maximum absolute atomic E-state index is 11.7. The van der Waals surface area contributed by atoms with Crippen LogP contribution in [0.5, 0.6) is 5.75 Å². The Balaban J connectivity index is 1.68. The Morgan fingerprint density at radius 3 is 2.95 bits per heavy atom. The second-order valence-electron chi connectivity index (χ2n) is 4.89. The van der Waals surface area contributed by atoms with Gasteiger partial charge in [-0.25, -0.2) is 4.98 Å². The fraction of sp³-hybridized carbons (Fsp3) is 0.571. The summed E-state index contributed by atoms with van der Waals surface area (Å²) in [6.07, 6.45) is 7.90. The number of amides is 1. The normalized spacial score (nSPS) is 16.1. The smallest absolute Gasteiger partial charge is 0.257 e. The van der Waals surface area contributed by atoms with E-state index < -0.39 is 0 Å². The van der Waals surface area contributed by atoms with Crippen LogP contribution in [0.1, 0.15) is 32.1 Å². The second-order valence-corrected chi connectivity index (χ2v) is 5.25. The third kappa shape index (κ3) is 4.71. The Labute approximate surface area is 118 Å². The van der Waals surface area contributed by atoms with E-state index >= 15 is 0 Å². The molecule has 1 aromatic rings. The molecule has 0 saturated heterocycles. The molecule has 5 heteroatoms. The summed E-state index contributed by atoms with van der Waals surface area (Å²) in [7, 11) is 0. The molecule has 1 aliphatic carbocycles. The summed E-state index contributed by atoms with van der Waals surface area (Å²) in [5, 5.41) is 3.19. The quantitative estimate of drug-likeness (QED) is 0.845. The van der Waals surface area contributed by atoms with Gasteiger partial charge in [0.2, 0.25) is 0 Å². The molecule has 0 radical (unpaired) electrons. The molecular formula is C14H19ClN2O2. The molecule has 0 spiro atoms. The Morgan fingerprint density at radius 1 is 1.42 bits per heavy atom. The zero-order valence-electron chi connectivity index (χ0n) is 10.9. The molecule has 0 aliphatic heterocycles. The van der Waals surface area contributed by atoms with Gasteiger partial charge in [-0.05, 0) is 30.9 Å². The van der Waals surface area contributed by atoms with Gasteiger partial charge in [0.1, 0.15) is 0 Å². The average Bonchev–Trinajstić information content (AvgIpc) is 2.45. The van der Waals surface area contributed by atoms with Crippen LogP contribution in [0.4, 0.5) is 0 Å². The van der Waals surface area contributed by atoms with Crippen molar-refractivity contribution in [2.75, 3.05) is 13.2 Å². The van der Waals surface area contributed by atoms with Gasteiger partial charge in [-0.1, -0.05) is 30.9 Å².